The third-order valence-corrected chi connectivity index (χ3v) is 6.81. The first-order valence-corrected chi connectivity index (χ1v) is 10.2. The van der Waals surface area contributed by atoms with Gasteiger partial charge in [-0.25, -0.2) is 0 Å². The van der Waals surface area contributed by atoms with E-state index >= 15 is 0 Å². The van der Waals surface area contributed by atoms with Crippen LogP contribution in [0.5, 0.6) is 5.75 Å². The van der Waals surface area contributed by atoms with Crippen molar-refractivity contribution in [1.29, 1.82) is 0 Å². The van der Waals surface area contributed by atoms with E-state index in [2.05, 4.69) is 5.32 Å². The Bertz CT molecular complexity index is 1190. The van der Waals surface area contributed by atoms with E-state index in [9.17, 15) is 39.6 Å². The minimum Gasteiger partial charge on any atom is -0.508 e. The molecule has 0 aliphatic heterocycles. The lowest BCUT2D eigenvalue weighted by molar-refractivity contribution is -0.153. The molecule has 1 aromatic rings. The fourth-order valence-corrected chi connectivity index (χ4v) is 5.40. The molecule has 4 unspecified atom stereocenters. The van der Waals surface area contributed by atoms with Crippen LogP contribution in [0.1, 0.15) is 17.5 Å². The van der Waals surface area contributed by atoms with Gasteiger partial charge in [-0.3, -0.25) is 24.1 Å². The van der Waals surface area contributed by atoms with Crippen molar-refractivity contribution in [2.45, 2.75) is 24.5 Å². The second-order valence-corrected chi connectivity index (χ2v) is 8.72. The third kappa shape index (κ3) is 3.19. The molecule has 3 aliphatic carbocycles. The summed E-state index contributed by atoms with van der Waals surface area (Å²) in [5, 5.41) is 46.1. The van der Waals surface area contributed by atoms with Gasteiger partial charge in [0.05, 0.1) is 17.3 Å². The van der Waals surface area contributed by atoms with E-state index in [0.29, 0.717) is 12.0 Å². The number of hydrogen-bond acceptors (Lipinski definition) is 9. The maximum atomic E-state index is 13.6. The van der Waals surface area contributed by atoms with Crippen molar-refractivity contribution < 1.29 is 39.6 Å². The number of halogens is 1. The number of aromatic hydroxyl groups is 1. The number of carbonyl (C=O) groups excluding carboxylic acids is 4. The largest absolute Gasteiger partial charge is 0.508 e. The van der Waals surface area contributed by atoms with Crippen LogP contribution in [0.15, 0.2) is 29.0 Å². The Balaban J connectivity index is 0.00000324. The first-order valence-electron chi connectivity index (χ1n) is 10.2. The predicted octanol–water partition coefficient (Wildman–Crippen LogP) is -0.0459. The first kappa shape index (κ1) is 25.2. The number of aliphatic hydroxyl groups is 3. The van der Waals surface area contributed by atoms with Gasteiger partial charge in [0.2, 0.25) is 12.2 Å². The number of fused-ring (bicyclic) bond motifs is 3. The Morgan fingerprint density at radius 3 is 2.44 bits per heavy atom. The molecule has 0 aromatic heterocycles. The molecule has 0 bridgehead atoms. The van der Waals surface area contributed by atoms with E-state index in [1.165, 1.54) is 25.1 Å². The topological polar surface area (TPSA) is 190 Å². The van der Waals surface area contributed by atoms with Crippen LogP contribution in [0, 0.1) is 11.8 Å². The number of aliphatic hydroxyl groups excluding tert-OH is 2. The van der Waals surface area contributed by atoms with Gasteiger partial charge in [0.1, 0.15) is 22.8 Å². The number of primary amides is 1. The maximum Gasteiger partial charge on any atom is 0.255 e. The van der Waals surface area contributed by atoms with Crippen molar-refractivity contribution in [2.75, 3.05) is 19.4 Å². The van der Waals surface area contributed by atoms with E-state index in [4.69, 9.17) is 5.73 Å². The highest BCUT2D eigenvalue weighted by Gasteiger charge is 2.64. The molecule has 182 valence electrons. The summed E-state index contributed by atoms with van der Waals surface area (Å²) in [6, 6.07) is 1.90. The van der Waals surface area contributed by atoms with Gasteiger partial charge in [0, 0.05) is 11.5 Å². The number of benzene rings is 1. The average Bonchev–Trinajstić information content (AvgIpc) is 2.72. The van der Waals surface area contributed by atoms with E-state index in [1.807, 2.05) is 0 Å². The smallest absolute Gasteiger partial charge is 0.255 e. The predicted molar refractivity (Wildman–Crippen MR) is 121 cm³/mol. The number of nitrogens with two attached hydrogens (primary N) is 1. The standard InChI is InChI=1S/C22H23N3O8.ClH/c1-25(2)15-10-6-9-5-8-3-4-11(24-7-26)16(27)12(8)17(28)13(9)19(30)22(10,33)20(31)14(18(15)29)21(23)32;/h3-4,7,9-10,15,27-28,31,33H,5-6H2,1-2H3,(H2,23,32)(H,24,26);1H. The first-order chi connectivity index (χ1) is 15.5. The van der Waals surface area contributed by atoms with E-state index < -0.39 is 63.8 Å². The zero-order valence-corrected chi connectivity index (χ0v) is 19.0. The van der Waals surface area contributed by atoms with Crippen LogP contribution in [-0.4, -0.2) is 74.9 Å². The summed E-state index contributed by atoms with van der Waals surface area (Å²) < 4.78 is 0. The Labute approximate surface area is 199 Å². The number of anilines is 1. The molecule has 0 radical (unpaired) electrons. The molecule has 4 atom stereocenters. The SMILES string of the molecule is CN(C)C1C(=O)C(C(N)=O)=C(O)C2(O)C(=O)C3=C(O)c4c(ccc(NC=O)c4O)CC3CC12.Cl. The van der Waals surface area contributed by atoms with Crippen molar-refractivity contribution in [3.05, 3.63) is 40.2 Å². The Morgan fingerprint density at radius 2 is 1.88 bits per heavy atom. The Kier molecular flexibility index (Phi) is 6.25. The van der Waals surface area contributed by atoms with Gasteiger partial charge in [-0.1, -0.05) is 6.07 Å². The molecule has 1 saturated carbocycles. The number of hydrogen-bond donors (Lipinski definition) is 6. The average molecular weight is 494 g/mol. The Hall–Kier alpha value is -3.41. The normalized spacial score (nSPS) is 28.1. The van der Waals surface area contributed by atoms with Crippen molar-refractivity contribution in [3.63, 3.8) is 0 Å². The molecule has 7 N–H and O–H groups in total. The summed E-state index contributed by atoms with van der Waals surface area (Å²) in [6.07, 6.45) is 0.537. The number of Topliss-reactive ketones (excluding diaryl/α,β-unsaturated/α-hetero) is 2. The van der Waals surface area contributed by atoms with Gasteiger partial charge in [0.15, 0.2) is 11.4 Å². The van der Waals surface area contributed by atoms with Crippen molar-refractivity contribution in [3.8, 4) is 5.75 Å². The molecule has 0 heterocycles. The van der Waals surface area contributed by atoms with Crippen LogP contribution in [0.3, 0.4) is 0 Å². The van der Waals surface area contributed by atoms with E-state index in [0.717, 1.165) is 0 Å². The summed E-state index contributed by atoms with van der Waals surface area (Å²) in [4.78, 5) is 50.8. The minimum atomic E-state index is -2.68. The number of ketones is 2. The molecular formula is C22H24ClN3O8. The number of rotatable bonds is 4. The molecule has 11 nitrogen and oxygen atoms in total. The van der Waals surface area contributed by atoms with Crippen molar-refractivity contribution in [1.82, 2.24) is 4.90 Å². The van der Waals surface area contributed by atoms with Gasteiger partial charge >= 0.3 is 0 Å². The highest BCUT2D eigenvalue weighted by Crippen LogP contribution is 2.53. The summed E-state index contributed by atoms with van der Waals surface area (Å²) in [7, 11) is 3.07. The number of nitrogens with one attached hydrogen (secondary N) is 1. The summed E-state index contributed by atoms with van der Waals surface area (Å²) in [6.45, 7) is 0. The van der Waals surface area contributed by atoms with Gasteiger partial charge in [-0.05, 0) is 44.5 Å². The third-order valence-electron chi connectivity index (χ3n) is 6.81. The lowest BCUT2D eigenvalue weighted by atomic mass is 9.57. The highest BCUT2D eigenvalue weighted by atomic mass is 35.5. The van der Waals surface area contributed by atoms with Crippen molar-refractivity contribution >= 4 is 47.7 Å². The van der Waals surface area contributed by atoms with Crippen molar-refractivity contribution in [2.24, 2.45) is 17.6 Å². The van der Waals surface area contributed by atoms with Gasteiger partial charge in [-0.15, -0.1) is 12.4 Å². The molecule has 12 heteroatoms. The lowest BCUT2D eigenvalue weighted by Crippen LogP contribution is -2.65. The number of carbonyl (C=O) groups is 4. The zero-order chi connectivity index (χ0) is 24.4. The summed E-state index contributed by atoms with van der Waals surface area (Å²) in [5.74, 6) is -7.16. The number of amides is 2. The molecule has 1 aromatic carbocycles. The zero-order valence-electron chi connectivity index (χ0n) is 18.2. The number of likely N-dealkylation sites (N-methyl/N-ethyl adjacent to an activating group) is 1. The number of phenols is 1. The molecule has 2 amide bonds. The van der Waals surface area contributed by atoms with Crippen LogP contribution >= 0.6 is 12.4 Å². The number of phenolic OH excluding ortho intramolecular Hbond substituents is 1. The molecule has 0 spiro atoms. The summed E-state index contributed by atoms with van der Waals surface area (Å²) >= 11 is 0. The molecular weight excluding hydrogens is 470 g/mol. The van der Waals surface area contributed by atoms with Crippen LogP contribution in [-0.2, 0) is 25.6 Å². The Morgan fingerprint density at radius 1 is 1.24 bits per heavy atom. The van der Waals surface area contributed by atoms with Crippen LogP contribution in [0.4, 0.5) is 5.69 Å². The van der Waals surface area contributed by atoms with Crippen LogP contribution in [0.2, 0.25) is 0 Å². The second-order valence-electron chi connectivity index (χ2n) is 8.72. The molecule has 3 aliphatic rings. The number of nitrogens with zero attached hydrogens (tertiary/aromatic N) is 1. The molecule has 4 rings (SSSR count). The molecule has 1 fully saturated rings. The quantitative estimate of drug-likeness (QED) is 0.190. The lowest BCUT2D eigenvalue weighted by Gasteiger charge is -2.50. The fourth-order valence-electron chi connectivity index (χ4n) is 5.40. The maximum absolute atomic E-state index is 13.6. The molecule has 0 saturated heterocycles. The monoisotopic (exact) mass is 493 g/mol. The fraction of sp³-hybridized carbons (Fsp3) is 0.364. The summed E-state index contributed by atoms with van der Waals surface area (Å²) in [5.41, 5.74) is 1.89. The van der Waals surface area contributed by atoms with E-state index in [-0.39, 0.29) is 42.1 Å². The second kappa shape index (κ2) is 8.42. The van der Waals surface area contributed by atoms with Gasteiger partial charge < -0.3 is 31.5 Å². The highest BCUT2D eigenvalue weighted by molar-refractivity contribution is 6.24. The van der Waals surface area contributed by atoms with Crippen LogP contribution in [0.25, 0.3) is 5.76 Å². The van der Waals surface area contributed by atoms with Crippen LogP contribution < -0.4 is 11.1 Å². The molecule has 34 heavy (non-hydrogen) atoms. The van der Waals surface area contributed by atoms with Gasteiger partial charge in [-0.2, -0.15) is 0 Å². The van der Waals surface area contributed by atoms with E-state index in [1.54, 1.807) is 6.07 Å². The van der Waals surface area contributed by atoms with Gasteiger partial charge in [0.25, 0.3) is 5.91 Å². The minimum absolute atomic E-state index is 0.